The molecule has 0 radical (unpaired) electrons. The highest BCUT2D eigenvalue weighted by atomic mass is 16.6. The standard InChI is InChI=1S/C19H21N5O4/c25-24(26)16-4-2-15(3-5-16)17-14-23-18(20-17)6-7-19(21-23)28-11-1-8-22-9-12-27-13-10-22/h2-7,14H,1,8-13H2. The minimum absolute atomic E-state index is 0.0541. The van der Waals surface area contributed by atoms with E-state index in [-0.39, 0.29) is 5.69 Å². The van der Waals surface area contributed by atoms with Crippen LogP contribution in [0.1, 0.15) is 6.42 Å². The van der Waals surface area contributed by atoms with E-state index in [0.717, 1.165) is 44.8 Å². The number of imidazole rings is 1. The van der Waals surface area contributed by atoms with Gasteiger partial charge in [0, 0.05) is 43.4 Å². The second-order valence-electron chi connectivity index (χ2n) is 6.56. The molecule has 146 valence electrons. The molecular formula is C19H21N5O4. The largest absolute Gasteiger partial charge is 0.477 e. The van der Waals surface area contributed by atoms with Gasteiger partial charge in [-0.1, -0.05) is 0 Å². The summed E-state index contributed by atoms with van der Waals surface area (Å²) in [6.45, 7) is 5.14. The third kappa shape index (κ3) is 4.26. The van der Waals surface area contributed by atoms with E-state index < -0.39 is 4.92 Å². The summed E-state index contributed by atoms with van der Waals surface area (Å²) < 4.78 is 12.8. The third-order valence-electron chi connectivity index (χ3n) is 4.64. The highest BCUT2D eigenvalue weighted by molar-refractivity contribution is 5.63. The molecule has 0 amide bonds. The Kier molecular flexibility index (Phi) is 5.45. The number of hydrogen-bond acceptors (Lipinski definition) is 7. The van der Waals surface area contributed by atoms with Gasteiger partial charge in [0.1, 0.15) is 0 Å². The molecule has 9 heteroatoms. The Labute approximate surface area is 161 Å². The van der Waals surface area contributed by atoms with Crippen LogP contribution in [0.25, 0.3) is 16.9 Å². The first-order valence-corrected chi connectivity index (χ1v) is 9.23. The molecule has 1 aliphatic heterocycles. The lowest BCUT2D eigenvalue weighted by molar-refractivity contribution is -0.384. The van der Waals surface area contributed by atoms with Crippen LogP contribution in [-0.2, 0) is 4.74 Å². The lowest BCUT2D eigenvalue weighted by atomic mass is 10.1. The molecule has 3 aromatic rings. The molecule has 0 spiro atoms. The molecule has 2 aromatic heterocycles. The second-order valence-corrected chi connectivity index (χ2v) is 6.56. The Balaban J connectivity index is 1.38. The minimum atomic E-state index is -0.419. The van der Waals surface area contributed by atoms with Crippen molar-refractivity contribution in [2.24, 2.45) is 0 Å². The Bertz CT molecular complexity index is 951. The average Bonchev–Trinajstić information content (AvgIpc) is 3.15. The van der Waals surface area contributed by atoms with Gasteiger partial charge in [-0.15, -0.1) is 5.10 Å². The van der Waals surface area contributed by atoms with Gasteiger partial charge < -0.3 is 9.47 Å². The summed E-state index contributed by atoms with van der Waals surface area (Å²) in [4.78, 5) is 17.2. The first-order valence-electron chi connectivity index (χ1n) is 9.23. The molecule has 0 atom stereocenters. The van der Waals surface area contributed by atoms with Crippen LogP contribution in [-0.4, -0.2) is 63.9 Å². The maximum atomic E-state index is 10.8. The van der Waals surface area contributed by atoms with Crippen molar-refractivity contribution in [3.8, 4) is 17.1 Å². The third-order valence-corrected chi connectivity index (χ3v) is 4.64. The van der Waals surface area contributed by atoms with Crippen LogP contribution >= 0.6 is 0 Å². The normalized spacial score (nSPS) is 15.0. The number of rotatable bonds is 7. The second kappa shape index (κ2) is 8.32. The quantitative estimate of drug-likeness (QED) is 0.351. The SMILES string of the molecule is O=[N+]([O-])c1ccc(-c2cn3nc(OCCCN4CCOCC4)ccc3n2)cc1. The molecule has 0 N–H and O–H groups in total. The van der Waals surface area contributed by atoms with E-state index in [1.165, 1.54) is 12.1 Å². The predicted molar refractivity (Wildman–Crippen MR) is 102 cm³/mol. The topological polar surface area (TPSA) is 95.0 Å². The zero-order valence-electron chi connectivity index (χ0n) is 15.4. The Hall–Kier alpha value is -3.04. The maximum Gasteiger partial charge on any atom is 0.269 e. The number of benzene rings is 1. The molecule has 1 aliphatic rings. The van der Waals surface area contributed by atoms with Gasteiger partial charge in [-0.25, -0.2) is 9.50 Å². The van der Waals surface area contributed by atoms with Crippen LogP contribution in [0.2, 0.25) is 0 Å². The average molecular weight is 383 g/mol. The fourth-order valence-electron chi connectivity index (χ4n) is 3.12. The van der Waals surface area contributed by atoms with Crippen LogP contribution in [0.5, 0.6) is 5.88 Å². The molecule has 3 heterocycles. The first kappa shape index (κ1) is 18.3. The van der Waals surface area contributed by atoms with Crippen LogP contribution in [0, 0.1) is 10.1 Å². The van der Waals surface area contributed by atoms with Crippen molar-refractivity contribution in [2.45, 2.75) is 6.42 Å². The van der Waals surface area contributed by atoms with Crippen LogP contribution in [0.4, 0.5) is 5.69 Å². The molecule has 0 bridgehead atoms. The molecule has 0 unspecified atom stereocenters. The van der Waals surface area contributed by atoms with E-state index in [4.69, 9.17) is 9.47 Å². The fraction of sp³-hybridized carbons (Fsp3) is 0.368. The fourth-order valence-corrected chi connectivity index (χ4v) is 3.12. The highest BCUT2D eigenvalue weighted by Crippen LogP contribution is 2.22. The van der Waals surface area contributed by atoms with E-state index in [0.29, 0.717) is 23.8 Å². The molecule has 0 saturated carbocycles. The zero-order valence-corrected chi connectivity index (χ0v) is 15.4. The Morgan fingerprint density at radius 2 is 1.93 bits per heavy atom. The van der Waals surface area contributed by atoms with Crippen molar-refractivity contribution < 1.29 is 14.4 Å². The molecule has 1 aromatic carbocycles. The molecule has 4 rings (SSSR count). The first-order chi connectivity index (χ1) is 13.7. The lowest BCUT2D eigenvalue weighted by Gasteiger charge is -2.26. The van der Waals surface area contributed by atoms with Crippen molar-refractivity contribution in [3.05, 3.63) is 52.7 Å². The predicted octanol–water partition coefficient (Wildman–Crippen LogP) is 2.41. The van der Waals surface area contributed by atoms with Crippen molar-refractivity contribution in [2.75, 3.05) is 39.5 Å². The molecule has 1 saturated heterocycles. The van der Waals surface area contributed by atoms with Gasteiger partial charge in [-0.3, -0.25) is 15.0 Å². The number of fused-ring (bicyclic) bond motifs is 1. The molecule has 0 aliphatic carbocycles. The van der Waals surface area contributed by atoms with Crippen LogP contribution in [0.3, 0.4) is 0 Å². The van der Waals surface area contributed by atoms with E-state index in [9.17, 15) is 10.1 Å². The molecule has 28 heavy (non-hydrogen) atoms. The number of nitro benzene ring substituents is 1. The van der Waals surface area contributed by atoms with Crippen molar-refractivity contribution >= 4 is 11.3 Å². The van der Waals surface area contributed by atoms with E-state index >= 15 is 0 Å². The minimum Gasteiger partial charge on any atom is -0.477 e. The number of nitrogens with zero attached hydrogens (tertiary/aromatic N) is 5. The number of morpholine rings is 1. The summed E-state index contributed by atoms with van der Waals surface area (Å²) >= 11 is 0. The zero-order chi connectivity index (χ0) is 19.3. The molecule has 1 fully saturated rings. The van der Waals surface area contributed by atoms with E-state index in [2.05, 4.69) is 15.0 Å². The maximum absolute atomic E-state index is 10.8. The summed E-state index contributed by atoms with van der Waals surface area (Å²) in [7, 11) is 0. The van der Waals surface area contributed by atoms with E-state index in [1.54, 1.807) is 28.9 Å². The van der Waals surface area contributed by atoms with Gasteiger partial charge in [0.05, 0.1) is 36.6 Å². The number of aromatic nitrogens is 3. The summed E-state index contributed by atoms with van der Waals surface area (Å²) in [5, 5.41) is 15.2. The number of hydrogen-bond donors (Lipinski definition) is 0. The summed E-state index contributed by atoms with van der Waals surface area (Å²) in [6, 6.07) is 9.95. The smallest absolute Gasteiger partial charge is 0.269 e. The van der Waals surface area contributed by atoms with Crippen LogP contribution in [0.15, 0.2) is 42.6 Å². The van der Waals surface area contributed by atoms with Gasteiger partial charge in [-0.05, 0) is 24.6 Å². The number of ether oxygens (including phenoxy) is 2. The molecular weight excluding hydrogens is 362 g/mol. The van der Waals surface area contributed by atoms with Gasteiger partial charge in [0.15, 0.2) is 5.65 Å². The van der Waals surface area contributed by atoms with Gasteiger partial charge in [0.25, 0.3) is 5.69 Å². The monoisotopic (exact) mass is 383 g/mol. The van der Waals surface area contributed by atoms with Gasteiger partial charge >= 0.3 is 0 Å². The van der Waals surface area contributed by atoms with Crippen molar-refractivity contribution in [1.29, 1.82) is 0 Å². The Morgan fingerprint density at radius 1 is 1.14 bits per heavy atom. The highest BCUT2D eigenvalue weighted by Gasteiger charge is 2.11. The summed E-state index contributed by atoms with van der Waals surface area (Å²) in [6.07, 6.45) is 2.72. The Morgan fingerprint density at radius 3 is 2.68 bits per heavy atom. The van der Waals surface area contributed by atoms with Crippen molar-refractivity contribution in [3.63, 3.8) is 0 Å². The summed E-state index contributed by atoms with van der Waals surface area (Å²) in [5.74, 6) is 0.544. The number of non-ortho nitro benzene ring substituents is 1. The lowest BCUT2D eigenvalue weighted by Crippen LogP contribution is -2.37. The van der Waals surface area contributed by atoms with Crippen LogP contribution < -0.4 is 4.74 Å². The summed E-state index contributed by atoms with van der Waals surface area (Å²) in [5.41, 5.74) is 2.24. The number of nitro groups is 1. The van der Waals surface area contributed by atoms with Gasteiger partial charge in [-0.2, -0.15) is 0 Å². The van der Waals surface area contributed by atoms with Gasteiger partial charge in [0.2, 0.25) is 5.88 Å². The van der Waals surface area contributed by atoms with E-state index in [1.807, 2.05) is 6.07 Å². The van der Waals surface area contributed by atoms with Crippen molar-refractivity contribution in [1.82, 2.24) is 19.5 Å². The molecule has 9 nitrogen and oxygen atoms in total.